The number of aliphatic hydroxyl groups is 3. The smallest absolute Gasteiger partial charge is 0.0661 e. The molecule has 0 amide bonds. The Labute approximate surface area is 190 Å². The van der Waals surface area contributed by atoms with Crippen LogP contribution in [0.25, 0.3) is 0 Å². The predicted molar refractivity (Wildman–Crippen MR) is 126 cm³/mol. The van der Waals surface area contributed by atoms with E-state index in [1.54, 1.807) is 5.57 Å². The van der Waals surface area contributed by atoms with Gasteiger partial charge in [0.05, 0.1) is 12.2 Å². The number of rotatable bonds is 6. The highest BCUT2D eigenvalue weighted by Crippen LogP contribution is 2.66. The minimum absolute atomic E-state index is 0.194. The van der Waals surface area contributed by atoms with E-state index >= 15 is 0 Å². The Morgan fingerprint density at radius 1 is 1.00 bits per heavy atom. The van der Waals surface area contributed by atoms with Crippen LogP contribution in [-0.4, -0.2) is 34.1 Å². The van der Waals surface area contributed by atoms with E-state index in [9.17, 15) is 15.3 Å². The average molecular weight is 431 g/mol. The summed E-state index contributed by atoms with van der Waals surface area (Å²) in [6.45, 7) is 12.1. The van der Waals surface area contributed by atoms with Crippen molar-refractivity contribution in [1.29, 1.82) is 0 Å². The summed E-state index contributed by atoms with van der Waals surface area (Å²) in [4.78, 5) is 0. The van der Waals surface area contributed by atoms with E-state index in [4.69, 9.17) is 0 Å². The van der Waals surface area contributed by atoms with Crippen LogP contribution < -0.4 is 0 Å². The molecule has 0 aliphatic heterocycles. The summed E-state index contributed by atoms with van der Waals surface area (Å²) in [6.07, 6.45) is 12.4. The largest absolute Gasteiger partial charge is 0.396 e. The van der Waals surface area contributed by atoms with E-state index in [1.807, 2.05) is 0 Å². The van der Waals surface area contributed by atoms with E-state index in [1.165, 1.54) is 31.3 Å². The summed E-state index contributed by atoms with van der Waals surface area (Å²) in [5.74, 6) is 3.49. The molecule has 3 heteroatoms. The Hall–Kier alpha value is -0.640. The van der Waals surface area contributed by atoms with Crippen molar-refractivity contribution in [2.75, 3.05) is 6.61 Å². The van der Waals surface area contributed by atoms with Gasteiger partial charge in [0.25, 0.3) is 0 Å². The van der Waals surface area contributed by atoms with Crippen LogP contribution >= 0.6 is 0 Å². The fourth-order valence-electron chi connectivity index (χ4n) is 8.34. The molecule has 176 valence electrons. The molecule has 0 bridgehead atoms. The maximum atomic E-state index is 11.1. The minimum atomic E-state index is -0.442. The van der Waals surface area contributed by atoms with E-state index in [0.29, 0.717) is 48.0 Å². The molecule has 4 aliphatic carbocycles. The van der Waals surface area contributed by atoms with Crippen molar-refractivity contribution in [3.63, 3.8) is 0 Å². The van der Waals surface area contributed by atoms with Gasteiger partial charge in [-0.05, 0) is 79.4 Å². The molecule has 0 spiro atoms. The van der Waals surface area contributed by atoms with Crippen LogP contribution in [0.2, 0.25) is 0 Å². The van der Waals surface area contributed by atoms with Crippen LogP contribution in [0, 0.1) is 46.3 Å². The third-order valence-corrected chi connectivity index (χ3v) is 10.6. The Balaban J connectivity index is 1.53. The highest BCUT2D eigenvalue weighted by Gasteiger charge is 2.58. The second kappa shape index (κ2) is 8.61. The zero-order valence-corrected chi connectivity index (χ0v) is 20.5. The number of hydrogen-bond donors (Lipinski definition) is 3. The van der Waals surface area contributed by atoms with Crippen LogP contribution in [-0.2, 0) is 0 Å². The third-order valence-electron chi connectivity index (χ3n) is 10.6. The highest BCUT2D eigenvalue weighted by atomic mass is 16.3. The van der Waals surface area contributed by atoms with Gasteiger partial charge in [-0.25, -0.2) is 0 Å². The molecule has 3 N–H and O–H groups in total. The molecular formula is C28H46O3. The average Bonchev–Trinajstić information content (AvgIpc) is 3.06. The van der Waals surface area contributed by atoms with E-state index in [0.717, 1.165) is 25.2 Å². The molecule has 4 aliphatic rings. The molecule has 0 heterocycles. The molecule has 3 saturated carbocycles. The van der Waals surface area contributed by atoms with Gasteiger partial charge >= 0.3 is 0 Å². The topological polar surface area (TPSA) is 60.7 Å². The van der Waals surface area contributed by atoms with Crippen LogP contribution in [0.5, 0.6) is 0 Å². The molecule has 0 unspecified atom stereocenters. The van der Waals surface area contributed by atoms with Crippen molar-refractivity contribution in [3.8, 4) is 0 Å². The standard InChI is InChI=1S/C28H46O3/c1-17(2)19(16-29)7-6-18(3)23-10-11-24-22-9-8-20-14-21(30)15-26(31)28(20,5)25(22)12-13-27(23,24)4/h8-9,17-19,21,23-26,29-31H,6-7,10-16H2,1-5H3/t18-,19-,21-,23-,24+,25+,26+,27-,28+/m1/s1. The van der Waals surface area contributed by atoms with Gasteiger partial charge in [-0.2, -0.15) is 0 Å². The molecule has 4 rings (SSSR count). The first-order valence-electron chi connectivity index (χ1n) is 13.0. The normalized spacial score (nSPS) is 44.1. The molecule has 0 aromatic carbocycles. The molecular weight excluding hydrogens is 384 g/mol. The predicted octanol–water partition coefficient (Wildman–Crippen LogP) is 5.50. The van der Waals surface area contributed by atoms with Crippen LogP contribution in [0.4, 0.5) is 0 Å². The van der Waals surface area contributed by atoms with Crippen molar-refractivity contribution in [2.24, 2.45) is 46.3 Å². The van der Waals surface area contributed by atoms with Crippen molar-refractivity contribution in [3.05, 3.63) is 23.3 Å². The third kappa shape index (κ3) is 3.77. The van der Waals surface area contributed by atoms with Crippen LogP contribution in [0.3, 0.4) is 0 Å². The Morgan fingerprint density at radius 2 is 1.74 bits per heavy atom. The summed E-state index contributed by atoms with van der Waals surface area (Å²) in [5, 5.41) is 31.0. The number of hydrogen-bond acceptors (Lipinski definition) is 3. The van der Waals surface area contributed by atoms with Gasteiger partial charge in [0.15, 0.2) is 0 Å². The van der Waals surface area contributed by atoms with Crippen molar-refractivity contribution in [1.82, 2.24) is 0 Å². The maximum Gasteiger partial charge on any atom is 0.0661 e. The Kier molecular flexibility index (Phi) is 6.53. The number of fused-ring (bicyclic) bond motifs is 5. The van der Waals surface area contributed by atoms with Crippen molar-refractivity contribution >= 4 is 0 Å². The monoisotopic (exact) mass is 430 g/mol. The van der Waals surface area contributed by atoms with E-state index in [-0.39, 0.29) is 5.41 Å². The lowest BCUT2D eigenvalue weighted by molar-refractivity contribution is -0.0545. The van der Waals surface area contributed by atoms with Gasteiger partial charge in [-0.3, -0.25) is 0 Å². The summed E-state index contributed by atoms with van der Waals surface area (Å²) in [7, 11) is 0. The van der Waals surface area contributed by atoms with Gasteiger partial charge in [0.1, 0.15) is 0 Å². The molecule has 0 radical (unpaired) electrons. The summed E-state index contributed by atoms with van der Waals surface area (Å²) >= 11 is 0. The second-order valence-corrected chi connectivity index (χ2v) is 12.3. The first kappa shape index (κ1) is 23.5. The zero-order chi connectivity index (χ0) is 22.6. The number of aliphatic hydroxyl groups excluding tert-OH is 3. The van der Waals surface area contributed by atoms with Crippen molar-refractivity contribution < 1.29 is 15.3 Å². The maximum absolute atomic E-state index is 11.1. The lowest BCUT2D eigenvalue weighted by Gasteiger charge is -2.56. The molecule has 3 nitrogen and oxygen atoms in total. The summed E-state index contributed by atoms with van der Waals surface area (Å²) in [5.41, 5.74) is 3.03. The molecule has 3 fully saturated rings. The lowest BCUT2D eigenvalue weighted by Crippen LogP contribution is -2.52. The van der Waals surface area contributed by atoms with E-state index in [2.05, 4.69) is 46.8 Å². The first-order valence-corrected chi connectivity index (χ1v) is 13.0. The van der Waals surface area contributed by atoms with Crippen molar-refractivity contribution in [2.45, 2.75) is 98.2 Å². The molecule has 9 atom stereocenters. The fourth-order valence-corrected chi connectivity index (χ4v) is 8.34. The van der Waals surface area contributed by atoms with Gasteiger partial charge in [-0.1, -0.05) is 64.3 Å². The quantitative estimate of drug-likeness (QED) is 0.521. The molecule has 0 aromatic rings. The van der Waals surface area contributed by atoms with E-state index < -0.39 is 12.2 Å². The first-order chi connectivity index (χ1) is 14.6. The molecule has 0 saturated heterocycles. The highest BCUT2D eigenvalue weighted by molar-refractivity contribution is 5.40. The van der Waals surface area contributed by atoms with Crippen LogP contribution in [0.15, 0.2) is 23.3 Å². The molecule has 31 heavy (non-hydrogen) atoms. The molecule has 0 aromatic heterocycles. The zero-order valence-electron chi connectivity index (χ0n) is 20.5. The van der Waals surface area contributed by atoms with Gasteiger partial charge in [-0.15, -0.1) is 0 Å². The van der Waals surface area contributed by atoms with Gasteiger partial charge in [0.2, 0.25) is 0 Å². The summed E-state index contributed by atoms with van der Waals surface area (Å²) in [6, 6.07) is 0. The minimum Gasteiger partial charge on any atom is -0.396 e. The van der Waals surface area contributed by atoms with Gasteiger partial charge in [0, 0.05) is 18.4 Å². The van der Waals surface area contributed by atoms with Crippen LogP contribution in [0.1, 0.15) is 86.0 Å². The lowest BCUT2D eigenvalue weighted by atomic mass is 9.49. The SMILES string of the molecule is CC(C)[C@@H](CO)CC[C@@H](C)[C@H]1CC[C@H]2C3=CC=C4C[C@@H](O)C[C@H](O)[C@]4(C)[C@H]3CC[C@]12C. The van der Waals surface area contributed by atoms with Gasteiger partial charge < -0.3 is 15.3 Å². The number of allylic oxidation sites excluding steroid dienone is 3. The Bertz CT molecular complexity index is 724. The second-order valence-electron chi connectivity index (χ2n) is 12.3. The fraction of sp³-hybridized carbons (Fsp3) is 0.857. The summed E-state index contributed by atoms with van der Waals surface area (Å²) < 4.78 is 0. The Morgan fingerprint density at radius 3 is 2.42 bits per heavy atom.